The maximum Gasteiger partial charge on any atom is 0.335 e. The number of para-hydroxylation sites is 1. The minimum Gasteiger partial charge on any atom is -0.507 e. The molecule has 3 aromatic rings. The fourth-order valence-electron chi connectivity index (χ4n) is 3.81. The highest BCUT2D eigenvalue weighted by Gasteiger charge is 2.48. The molecule has 2 aromatic carbocycles. The summed E-state index contributed by atoms with van der Waals surface area (Å²) in [5.41, 5.74) is -0.376. The van der Waals surface area contributed by atoms with Crippen LogP contribution in [0.15, 0.2) is 45.6 Å². The summed E-state index contributed by atoms with van der Waals surface area (Å²) in [4.78, 5) is 24.2. The number of rotatable bonds is 6. The Balaban J connectivity index is 1.84. The molecule has 12 nitrogen and oxygen atoms in total. The lowest BCUT2D eigenvalue weighted by Gasteiger charge is -2.38. The van der Waals surface area contributed by atoms with E-state index in [9.17, 15) is 35.1 Å². The Kier molecular flexibility index (Phi) is 6.54. The van der Waals surface area contributed by atoms with Gasteiger partial charge in [0.15, 0.2) is 22.9 Å². The Morgan fingerprint density at radius 2 is 1.69 bits per heavy atom. The van der Waals surface area contributed by atoms with Gasteiger partial charge in [0.05, 0.1) is 19.8 Å². The molecule has 1 saturated heterocycles. The number of aliphatic hydroxyl groups excluding tert-OH is 3. The summed E-state index contributed by atoms with van der Waals surface area (Å²) in [5.74, 6) is -2.14. The average molecular weight is 490 g/mol. The first-order valence-corrected chi connectivity index (χ1v) is 10.3. The van der Waals surface area contributed by atoms with Crippen molar-refractivity contribution in [2.75, 3.05) is 14.2 Å². The SMILES string of the molecule is COc1ccccc1-c1cc(=O)c2c(O)cc(O[C@@H]3O[C@H](C(=O)O)[C@@H](O)[C@H](O)[C@H]3O)c(OC)c2o1. The number of fused-ring (bicyclic) bond motifs is 1. The predicted molar refractivity (Wildman–Crippen MR) is 118 cm³/mol. The zero-order chi connectivity index (χ0) is 25.4. The summed E-state index contributed by atoms with van der Waals surface area (Å²) in [5, 5.41) is 49.7. The third kappa shape index (κ3) is 4.23. The lowest BCUT2D eigenvalue weighted by molar-refractivity contribution is -0.271. The van der Waals surface area contributed by atoms with Crippen molar-refractivity contribution >= 4 is 16.9 Å². The first kappa shape index (κ1) is 24.3. The molecule has 4 rings (SSSR count). The molecule has 0 radical (unpaired) electrons. The van der Waals surface area contributed by atoms with Crippen molar-refractivity contribution in [1.29, 1.82) is 0 Å². The first-order chi connectivity index (χ1) is 16.7. The summed E-state index contributed by atoms with van der Waals surface area (Å²) in [7, 11) is 2.67. The molecule has 35 heavy (non-hydrogen) atoms. The molecule has 5 N–H and O–H groups in total. The average Bonchev–Trinajstić information content (AvgIpc) is 2.83. The van der Waals surface area contributed by atoms with E-state index in [1.165, 1.54) is 20.3 Å². The highest BCUT2D eigenvalue weighted by Crippen LogP contribution is 2.43. The van der Waals surface area contributed by atoms with Crippen molar-refractivity contribution < 1.29 is 53.7 Å². The Hall–Kier alpha value is -3.84. The van der Waals surface area contributed by atoms with Gasteiger partial charge in [-0.05, 0) is 12.1 Å². The van der Waals surface area contributed by atoms with Gasteiger partial charge in [0.2, 0.25) is 12.0 Å². The van der Waals surface area contributed by atoms with E-state index in [0.29, 0.717) is 11.3 Å². The number of phenolic OH excluding ortho intramolecular Hbond substituents is 1. The molecule has 1 aliphatic heterocycles. The van der Waals surface area contributed by atoms with Crippen LogP contribution >= 0.6 is 0 Å². The molecule has 2 heterocycles. The second kappa shape index (κ2) is 9.43. The van der Waals surface area contributed by atoms with E-state index in [0.717, 1.165) is 6.07 Å². The van der Waals surface area contributed by atoms with Gasteiger partial charge in [0.1, 0.15) is 41.0 Å². The van der Waals surface area contributed by atoms with E-state index in [1.54, 1.807) is 24.3 Å². The van der Waals surface area contributed by atoms with Crippen LogP contribution in [0.1, 0.15) is 0 Å². The van der Waals surface area contributed by atoms with Gasteiger partial charge >= 0.3 is 5.97 Å². The number of carboxylic acid groups (broad SMARTS) is 1. The Morgan fingerprint density at radius 3 is 2.34 bits per heavy atom. The van der Waals surface area contributed by atoms with Crippen molar-refractivity contribution in [2.45, 2.75) is 30.7 Å². The van der Waals surface area contributed by atoms with Crippen LogP contribution in [0.5, 0.6) is 23.0 Å². The van der Waals surface area contributed by atoms with Crippen molar-refractivity contribution in [3.63, 3.8) is 0 Å². The Labute approximate surface area is 197 Å². The van der Waals surface area contributed by atoms with Crippen LogP contribution in [-0.2, 0) is 9.53 Å². The molecule has 12 heteroatoms. The smallest absolute Gasteiger partial charge is 0.335 e. The van der Waals surface area contributed by atoms with Crippen LogP contribution in [-0.4, -0.2) is 76.4 Å². The van der Waals surface area contributed by atoms with Crippen LogP contribution in [0.25, 0.3) is 22.3 Å². The molecular formula is C23H22O12. The Bertz CT molecular complexity index is 1320. The summed E-state index contributed by atoms with van der Waals surface area (Å²) in [6.45, 7) is 0. The van der Waals surface area contributed by atoms with Gasteiger partial charge in [-0.25, -0.2) is 4.79 Å². The number of hydrogen-bond acceptors (Lipinski definition) is 11. The van der Waals surface area contributed by atoms with Gasteiger partial charge in [-0.15, -0.1) is 0 Å². The van der Waals surface area contributed by atoms with Crippen LogP contribution in [0.3, 0.4) is 0 Å². The zero-order valence-electron chi connectivity index (χ0n) is 18.4. The van der Waals surface area contributed by atoms with E-state index >= 15 is 0 Å². The topological polar surface area (TPSA) is 185 Å². The standard InChI is InChI=1S/C23H22O12/c1-31-12-6-4-3-5-9(12)13-7-10(24)15-11(25)8-14(19(32-2)20(15)33-13)34-23-18(28)16(26)17(27)21(35-23)22(29)30/h3-8,16-18,21,23,25-28H,1-2H3,(H,29,30)/t16-,17-,18+,21-,23+/m0/s1. The van der Waals surface area contributed by atoms with Crippen LogP contribution in [0.4, 0.5) is 0 Å². The molecule has 0 amide bonds. The molecule has 0 aliphatic carbocycles. The minimum atomic E-state index is -1.92. The van der Waals surface area contributed by atoms with E-state index in [2.05, 4.69) is 0 Å². The monoisotopic (exact) mass is 490 g/mol. The van der Waals surface area contributed by atoms with Crippen LogP contribution in [0, 0.1) is 0 Å². The number of ether oxygens (including phenoxy) is 4. The maximum atomic E-state index is 12.9. The number of aliphatic hydroxyl groups is 3. The van der Waals surface area contributed by atoms with E-state index < -0.39 is 47.9 Å². The van der Waals surface area contributed by atoms with Crippen molar-refractivity contribution in [2.24, 2.45) is 0 Å². The second-order valence-corrected chi connectivity index (χ2v) is 7.66. The van der Waals surface area contributed by atoms with Crippen LogP contribution < -0.4 is 19.6 Å². The number of carboxylic acids is 1. The summed E-state index contributed by atoms with van der Waals surface area (Å²) in [6.07, 6.45) is -9.39. The highest BCUT2D eigenvalue weighted by molar-refractivity contribution is 5.92. The fourth-order valence-corrected chi connectivity index (χ4v) is 3.81. The van der Waals surface area contributed by atoms with Crippen molar-refractivity contribution in [3.05, 3.63) is 46.6 Å². The van der Waals surface area contributed by atoms with Gasteiger partial charge in [0.25, 0.3) is 0 Å². The highest BCUT2D eigenvalue weighted by atomic mass is 16.7. The molecule has 186 valence electrons. The van der Waals surface area contributed by atoms with Crippen molar-refractivity contribution in [1.82, 2.24) is 0 Å². The lowest BCUT2D eigenvalue weighted by atomic mass is 9.99. The van der Waals surface area contributed by atoms with Gasteiger partial charge in [-0.1, -0.05) is 12.1 Å². The molecule has 5 atom stereocenters. The fraction of sp³-hybridized carbons (Fsp3) is 0.304. The largest absolute Gasteiger partial charge is 0.507 e. The third-order valence-corrected chi connectivity index (χ3v) is 5.53. The van der Waals surface area contributed by atoms with Gasteiger partial charge in [0, 0.05) is 12.1 Å². The zero-order valence-corrected chi connectivity index (χ0v) is 18.4. The van der Waals surface area contributed by atoms with Crippen molar-refractivity contribution in [3.8, 4) is 34.3 Å². The number of benzene rings is 2. The van der Waals surface area contributed by atoms with Crippen LogP contribution in [0.2, 0.25) is 0 Å². The maximum absolute atomic E-state index is 12.9. The molecule has 0 saturated carbocycles. The number of phenols is 1. The number of carbonyl (C=O) groups is 1. The van der Waals surface area contributed by atoms with Gasteiger partial charge < -0.3 is 48.9 Å². The summed E-state index contributed by atoms with van der Waals surface area (Å²) in [6, 6.07) is 8.91. The number of hydrogen-bond donors (Lipinski definition) is 5. The molecule has 1 aromatic heterocycles. The molecule has 1 fully saturated rings. The molecule has 0 unspecified atom stereocenters. The van der Waals surface area contributed by atoms with E-state index in [-0.39, 0.29) is 28.2 Å². The van der Waals surface area contributed by atoms with Gasteiger partial charge in [-0.3, -0.25) is 4.79 Å². The lowest BCUT2D eigenvalue weighted by Crippen LogP contribution is -2.61. The quantitative estimate of drug-likeness (QED) is 0.322. The van der Waals surface area contributed by atoms with E-state index in [1.807, 2.05) is 0 Å². The third-order valence-electron chi connectivity index (χ3n) is 5.53. The molecule has 0 spiro atoms. The Morgan fingerprint density at radius 1 is 0.971 bits per heavy atom. The summed E-state index contributed by atoms with van der Waals surface area (Å²) < 4.78 is 27.2. The normalized spacial score (nSPS) is 24.2. The second-order valence-electron chi connectivity index (χ2n) is 7.66. The first-order valence-electron chi connectivity index (χ1n) is 10.3. The summed E-state index contributed by atoms with van der Waals surface area (Å²) >= 11 is 0. The minimum absolute atomic E-state index is 0.0910. The molecule has 0 bridgehead atoms. The molecular weight excluding hydrogens is 468 g/mol. The number of aliphatic carboxylic acids is 1. The predicted octanol–water partition coefficient (Wildman–Crippen LogP) is 0.454. The molecule has 1 aliphatic rings. The number of aromatic hydroxyl groups is 1. The number of methoxy groups -OCH3 is 2. The van der Waals surface area contributed by atoms with E-state index in [4.69, 9.17) is 23.4 Å². The van der Waals surface area contributed by atoms with Gasteiger partial charge in [-0.2, -0.15) is 0 Å².